The molecule has 3 rings (SSSR count). The van der Waals surface area contributed by atoms with Crippen LogP contribution in [0.5, 0.6) is 0 Å². The predicted molar refractivity (Wildman–Crippen MR) is 68.3 cm³/mol. The van der Waals surface area contributed by atoms with E-state index in [-0.39, 0.29) is 6.10 Å². The van der Waals surface area contributed by atoms with E-state index in [9.17, 15) is 0 Å². The third-order valence-corrected chi connectivity index (χ3v) is 4.71. The van der Waals surface area contributed by atoms with E-state index in [2.05, 4.69) is 6.07 Å². The summed E-state index contributed by atoms with van der Waals surface area (Å²) >= 11 is 7.98. The molecule has 1 aliphatic heterocycles. The number of hydrogen-bond donors (Lipinski definition) is 1. The maximum absolute atomic E-state index is 6.21. The van der Waals surface area contributed by atoms with Gasteiger partial charge in [-0.05, 0) is 6.07 Å². The fraction of sp³-hybridized carbons (Fsp3) is 0.333. The van der Waals surface area contributed by atoms with E-state index in [4.69, 9.17) is 22.1 Å². The van der Waals surface area contributed by atoms with E-state index < -0.39 is 0 Å². The summed E-state index contributed by atoms with van der Waals surface area (Å²) < 4.78 is 6.86. The molecule has 1 aromatic carbocycles. The Morgan fingerprint density at radius 1 is 1.50 bits per heavy atom. The Kier molecular flexibility index (Phi) is 2.64. The highest BCUT2D eigenvalue weighted by Crippen LogP contribution is 2.41. The Hall–Kier alpha value is -0.610. The van der Waals surface area contributed by atoms with Crippen LogP contribution < -0.4 is 5.73 Å². The highest BCUT2D eigenvalue weighted by atomic mass is 35.5. The van der Waals surface area contributed by atoms with Crippen LogP contribution in [0.4, 0.5) is 0 Å². The molecular weight excluding hydrogens is 242 g/mol. The number of fused-ring (bicyclic) bond motifs is 3. The normalized spacial score (nSPS) is 20.0. The van der Waals surface area contributed by atoms with Crippen molar-refractivity contribution in [2.45, 2.75) is 12.5 Å². The third kappa shape index (κ3) is 1.47. The van der Waals surface area contributed by atoms with Crippen molar-refractivity contribution in [3.05, 3.63) is 33.7 Å². The second kappa shape index (κ2) is 4.00. The van der Waals surface area contributed by atoms with Crippen LogP contribution in [-0.4, -0.2) is 13.2 Å². The van der Waals surface area contributed by atoms with Gasteiger partial charge in [-0.15, -0.1) is 11.3 Å². The standard InChI is InChI=1S/C12H12ClNOS/c13-8-3-1-2-7-11-9(6-14)15-5-4-10(11)16-12(7)8/h1-3,9H,4-6,14H2. The lowest BCUT2D eigenvalue weighted by Gasteiger charge is -2.22. The summed E-state index contributed by atoms with van der Waals surface area (Å²) in [6.45, 7) is 1.30. The number of ether oxygens (including phenoxy) is 1. The summed E-state index contributed by atoms with van der Waals surface area (Å²) in [5.74, 6) is 0. The topological polar surface area (TPSA) is 35.2 Å². The van der Waals surface area contributed by atoms with Crippen molar-refractivity contribution in [2.24, 2.45) is 5.73 Å². The van der Waals surface area contributed by atoms with Crippen LogP contribution in [-0.2, 0) is 11.2 Å². The molecule has 2 nitrogen and oxygen atoms in total. The van der Waals surface area contributed by atoms with Crippen molar-refractivity contribution in [2.75, 3.05) is 13.2 Å². The van der Waals surface area contributed by atoms with Gasteiger partial charge in [0.1, 0.15) is 0 Å². The molecule has 1 aliphatic rings. The maximum atomic E-state index is 6.21. The first-order chi connectivity index (χ1) is 7.81. The van der Waals surface area contributed by atoms with Gasteiger partial charge in [0, 0.05) is 28.8 Å². The predicted octanol–water partition coefficient (Wildman–Crippen LogP) is 3.13. The molecule has 0 amide bonds. The zero-order valence-corrected chi connectivity index (χ0v) is 10.3. The summed E-state index contributed by atoms with van der Waals surface area (Å²) in [4.78, 5) is 1.38. The molecule has 2 heterocycles. The third-order valence-electron chi connectivity index (χ3n) is 2.97. The zero-order chi connectivity index (χ0) is 11.1. The average molecular weight is 254 g/mol. The van der Waals surface area contributed by atoms with Gasteiger partial charge in [0.05, 0.1) is 22.4 Å². The lowest BCUT2D eigenvalue weighted by molar-refractivity contribution is 0.0508. The summed E-state index contributed by atoms with van der Waals surface area (Å²) in [6.07, 6.45) is 1.01. The van der Waals surface area contributed by atoms with Crippen molar-refractivity contribution in [1.82, 2.24) is 0 Å². The number of nitrogens with two attached hydrogens (primary N) is 1. The number of hydrogen-bond acceptors (Lipinski definition) is 3. The minimum Gasteiger partial charge on any atom is -0.372 e. The minimum atomic E-state index is 0.0379. The molecule has 16 heavy (non-hydrogen) atoms. The quantitative estimate of drug-likeness (QED) is 0.848. The highest BCUT2D eigenvalue weighted by Gasteiger charge is 2.25. The van der Waals surface area contributed by atoms with Crippen molar-refractivity contribution < 1.29 is 4.74 Å². The van der Waals surface area contributed by atoms with Crippen LogP contribution in [0.3, 0.4) is 0 Å². The Morgan fingerprint density at radius 2 is 2.38 bits per heavy atom. The molecule has 0 bridgehead atoms. The molecule has 2 aromatic rings. The molecule has 1 atom stereocenters. The van der Waals surface area contributed by atoms with Crippen LogP contribution in [0.25, 0.3) is 10.1 Å². The van der Waals surface area contributed by atoms with Crippen molar-refractivity contribution in [3.63, 3.8) is 0 Å². The molecular formula is C12H12ClNOS. The van der Waals surface area contributed by atoms with E-state index >= 15 is 0 Å². The first-order valence-electron chi connectivity index (χ1n) is 5.32. The molecule has 1 aromatic heterocycles. The van der Waals surface area contributed by atoms with Crippen LogP contribution in [0.2, 0.25) is 5.02 Å². The first-order valence-corrected chi connectivity index (χ1v) is 6.52. The van der Waals surface area contributed by atoms with Gasteiger partial charge in [-0.1, -0.05) is 23.7 Å². The number of rotatable bonds is 1. The molecule has 0 spiro atoms. The number of halogens is 1. The number of benzene rings is 1. The fourth-order valence-electron chi connectivity index (χ4n) is 2.25. The van der Waals surface area contributed by atoms with E-state index in [1.54, 1.807) is 11.3 Å². The van der Waals surface area contributed by atoms with Crippen molar-refractivity contribution in [3.8, 4) is 0 Å². The van der Waals surface area contributed by atoms with Gasteiger partial charge in [0.15, 0.2) is 0 Å². The van der Waals surface area contributed by atoms with E-state index in [1.165, 1.54) is 15.8 Å². The number of thiophene rings is 1. The fourth-order valence-corrected chi connectivity index (χ4v) is 3.78. The second-order valence-corrected chi connectivity index (χ2v) is 5.41. The van der Waals surface area contributed by atoms with Gasteiger partial charge in [0.2, 0.25) is 0 Å². The van der Waals surface area contributed by atoms with Gasteiger partial charge < -0.3 is 10.5 Å². The summed E-state index contributed by atoms with van der Waals surface area (Å²) in [6, 6.07) is 6.03. The molecule has 0 fully saturated rings. The van der Waals surface area contributed by atoms with E-state index in [1.807, 2.05) is 12.1 Å². The molecule has 1 unspecified atom stereocenters. The van der Waals surface area contributed by atoms with Gasteiger partial charge in [-0.2, -0.15) is 0 Å². The molecule has 0 saturated carbocycles. The molecule has 84 valence electrons. The van der Waals surface area contributed by atoms with Crippen molar-refractivity contribution >= 4 is 33.0 Å². The Morgan fingerprint density at radius 3 is 3.19 bits per heavy atom. The smallest absolute Gasteiger partial charge is 0.0963 e. The van der Waals surface area contributed by atoms with Crippen LogP contribution in [0.1, 0.15) is 16.5 Å². The molecule has 4 heteroatoms. The highest BCUT2D eigenvalue weighted by molar-refractivity contribution is 7.20. The molecule has 0 saturated heterocycles. The second-order valence-electron chi connectivity index (χ2n) is 3.90. The van der Waals surface area contributed by atoms with E-state index in [0.29, 0.717) is 6.54 Å². The van der Waals surface area contributed by atoms with Gasteiger partial charge in [0.25, 0.3) is 0 Å². The monoisotopic (exact) mass is 253 g/mol. The van der Waals surface area contributed by atoms with Gasteiger partial charge >= 0.3 is 0 Å². The minimum absolute atomic E-state index is 0.0379. The van der Waals surface area contributed by atoms with Gasteiger partial charge in [-0.25, -0.2) is 0 Å². The summed E-state index contributed by atoms with van der Waals surface area (Å²) in [5.41, 5.74) is 7.01. The van der Waals surface area contributed by atoms with E-state index in [0.717, 1.165) is 22.8 Å². The lowest BCUT2D eigenvalue weighted by atomic mass is 10.0. The van der Waals surface area contributed by atoms with Gasteiger partial charge in [-0.3, -0.25) is 0 Å². The van der Waals surface area contributed by atoms with Crippen LogP contribution in [0.15, 0.2) is 18.2 Å². The first kappa shape index (κ1) is 10.5. The Bertz CT molecular complexity index is 537. The average Bonchev–Trinajstić information content (AvgIpc) is 2.69. The largest absolute Gasteiger partial charge is 0.372 e. The summed E-state index contributed by atoms with van der Waals surface area (Å²) in [5, 5.41) is 2.04. The molecule has 0 aliphatic carbocycles. The van der Waals surface area contributed by atoms with Crippen molar-refractivity contribution in [1.29, 1.82) is 0 Å². The summed E-state index contributed by atoms with van der Waals surface area (Å²) in [7, 11) is 0. The lowest BCUT2D eigenvalue weighted by Crippen LogP contribution is -2.21. The molecule has 2 N–H and O–H groups in total. The Labute approximate surface area is 103 Å². The van der Waals surface area contributed by atoms with Crippen LogP contribution >= 0.6 is 22.9 Å². The van der Waals surface area contributed by atoms with Crippen LogP contribution in [0, 0.1) is 0 Å². The Balaban J connectivity index is 2.30. The zero-order valence-electron chi connectivity index (χ0n) is 8.70. The SMILES string of the molecule is NCC1OCCc2sc3c(Cl)cccc3c21. The maximum Gasteiger partial charge on any atom is 0.0963 e. The molecule has 0 radical (unpaired) electrons.